The highest BCUT2D eigenvalue weighted by molar-refractivity contribution is 5.40. The Kier molecular flexibility index (Phi) is 4.06. The van der Waals surface area contributed by atoms with Crippen LogP contribution in [0.5, 0.6) is 0 Å². The first-order valence-electron chi connectivity index (χ1n) is 7.89. The lowest BCUT2D eigenvalue weighted by molar-refractivity contribution is 0.212. The molecule has 0 unspecified atom stereocenters. The van der Waals surface area contributed by atoms with E-state index in [1.807, 2.05) is 19.2 Å². The van der Waals surface area contributed by atoms with Crippen LogP contribution < -0.4 is 5.56 Å². The molecule has 1 fully saturated rings. The minimum atomic E-state index is 0.0165. The molecule has 2 aromatic heterocycles. The van der Waals surface area contributed by atoms with Gasteiger partial charge in [-0.05, 0) is 63.4 Å². The first-order chi connectivity index (χ1) is 10.2. The van der Waals surface area contributed by atoms with E-state index in [-0.39, 0.29) is 5.56 Å². The van der Waals surface area contributed by atoms with Crippen LogP contribution in [-0.4, -0.2) is 33.9 Å². The first-order valence-corrected chi connectivity index (χ1v) is 7.89. The first kappa shape index (κ1) is 14.3. The molecule has 1 aliphatic heterocycles. The third-order valence-electron chi connectivity index (χ3n) is 4.41. The lowest BCUT2D eigenvalue weighted by Gasteiger charge is -2.31. The van der Waals surface area contributed by atoms with E-state index in [4.69, 9.17) is 0 Å². The van der Waals surface area contributed by atoms with E-state index in [0.717, 1.165) is 24.4 Å². The standard InChI is InChI=1S/C17H23N3O/c1-3-8-19-9-6-14(7-10-19)15-4-5-16-18-13(2)11-17(21)20(16)12-15/h4-5,11-12,14H,3,6-10H2,1-2H3. The molecule has 112 valence electrons. The van der Waals surface area contributed by atoms with Gasteiger partial charge in [0.15, 0.2) is 0 Å². The second-order valence-electron chi connectivity index (χ2n) is 6.04. The number of hydrogen-bond acceptors (Lipinski definition) is 3. The van der Waals surface area contributed by atoms with Crippen molar-refractivity contribution in [2.24, 2.45) is 0 Å². The van der Waals surface area contributed by atoms with Gasteiger partial charge in [0.2, 0.25) is 0 Å². The van der Waals surface area contributed by atoms with E-state index in [2.05, 4.69) is 22.9 Å². The van der Waals surface area contributed by atoms with Crippen molar-refractivity contribution in [1.82, 2.24) is 14.3 Å². The molecule has 2 aromatic rings. The lowest BCUT2D eigenvalue weighted by atomic mass is 9.90. The van der Waals surface area contributed by atoms with Crippen molar-refractivity contribution in [1.29, 1.82) is 0 Å². The molecule has 21 heavy (non-hydrogen) atoms. The molecule has 1 aliphatic rings. The van der Waals surface area contributed by atoms with E-state index in [9.17, 15) is 4.79 Å². The summed E-state index contributed by atoms with van der Waals surface area (Å²) in [6.07, 6.45) is 5.57. The number of aromatic nitrogens is 2. The molecule has 4 heteroatoms. The number of rotatable bonds is 3. The molecular formula is C17H23N3O. The summed E-state index contributed by atoms with van der Waals surface area (Å²) in [4.78, 5) is 19.0. The van der Waals surface area contributed by atoms with Crippen molar-refractivity contribution >= 4 is 5.65 Å². The Labute approximate surface area is 125 Å². The molecule has 3 heterocycles. The van der Waals surface area contributed by atoms with Gasteiger partial charge in [-0.3, -0.25) is 9.20 Å². The van der Waals surface area contributed by atoms with Crippen LogP contribution in [0.25, 0.3) is 5.65 Å². The van der Waals surface area contributed by atoms with Crippen molar-refractivity contribution in [3.8, 4) is 0 Å². The third kappa shape index (κ3) is 3.00. The second-order valence-corrected chi connectivity index (χ2v) is 6.04. The van der Waals surface area contributed by atoms with Gasteiger partial charge in [0, 0.05) is 18.0 Å². The summed E-state index contributed by atoms with van der Waals surface area (Å²) in [5.41, 5.74) is 2.81. The van der Waals surface area contributed by atoms with Gasteiger partial charge in [0.05, 0.1) is 0 Å². The summed E-state index contributed by atoms with van der Waals surface area (Å²) in [5.74, 6) is 0.565. The fourth-order valence-electron chi connectivity index (χ4n) is 3.29. The third-order valence-corrected chi connectivity index (χ3v) is 4.41. The quantitative estimate of drug-likeness (QED) is 0.870. The summed E-state index contributed by atoms with van der Waals surface area (Å²) in [6.45, 7) is 7.62. The highest BCUT2D eigenvalue weighted by Crippen LogP contribution is 2.27. The number of aryl methyl sites for hydroxylation is 1. The van der Waals surface area contributed by atoms with Crippen LogP contribution in [0.1, 0.15) is 43.4 Å². The van der Waals surface area contributed by atoms with Crippen LogP contribution in [0.4, 0.5) is 0 Å². The molecule has 0 bridgehead atoms. The molecule has 0 N–H and O–H groups in total. The molecule has 0 amide bonds. The number of nitrogens with zero attached hydrogens (tertiary/aromatic N) is 3. The van der Waals surface area contributed by atoms with E-state index in [0.29, 0.717) is 5.92 Å². The smallest absolute Gasteiger partial charge is 0.258 e. The monoisotopic (exact) mass is 285 g/mol. The summed E-state index contributed by atoms with van der Waals surface area (Å²) in [5, 5.41) is 0. The van der Waals surface area contributed by atoms with Crippen molar-refractivity contribution in [3.05, 3.63) is 46.0 Å². The summed E-state index contributed by atoms with van der Waals surface area (Å²) < 4.78 is 1.68. The molecule has 0 aliphatic carbocycles. The van der Waals surface area contributed by atoms with Crippen molar-refractivity contribution < 1.29 is 0 Å². The fourth-order valence-corrected chi connectivity index (χ4v) is 3.29. The van der Waals surface area contributed by atoms with Crippen LogP contribution in [0.15, 0.2) is 29.2 Å². The Morgan fingerprint density at radius 3 is 2.76 bits per heavy atom. The lowest BCUT2D eigenvalue weighted by Crippen LogP contribution is -2.33. The molecule has 0 spiro atoms. The highest BCUT2D eigenvalue weighted by atomic mass is 16.1. The topological polar surface area (TPSA) is 37.6 Å². The molecule has 3 rings (SSSR count). The van der Waals surface area contributed by atoms with Gasteiger partial charge < -0.3 is 4.90 Å². The minimum absolute atomic E-state index is 0.0165. The zero-order valence-electron chi connectivity index (χ0n) is 12.9. The van der Waals surface area contributed by atoms with Crippen LogP contribution >= 0.6 is 0 Å². The normalized spacial score (nSPS) is 17.4. The molecule has 4 nitrogen and oxygen atoms in total. The van der Waals surface area contributed by atoms with E-state index in [1.165, 1.54) is 31.4 Å². The van der Waals surface area contributed by atoms with Gasteiger partial charge in [-0.15, -0.1) is 0 Å². The average Bonchev–Trinajstić information content (AvgIpc) is 2.48. The van der Waals surface area contributed by atoms with Gasteiger partial charge >= 0.3 is 0 Å². The predicted octanol–water partition coefficient (Wildman–Crippen LogP) is 2.59. The van der Waals surface area contributed by atoms with Crippen LogP contribution in [-0.2, 0) is 0 Å². The highest BCUT2D eigenvalue weighted by Gasteiger charge is 2.20. The maximum absolute atomic E-state index is 12.1. The van der Waals surface area contributed by atoms with Crippen molar-refractivity contribution in [2.45, 2.75) is 39.0 Å². The van der Waals surface area contributed by atoms with E-state index in [1.54, 1.807) is 10.5 Å². The zero-order valence-corrected chi connectivity index (χ0v) is 12.9. The Morgan fingerprint density at radius 2 is 2.05 bits per heavy atom. The van der Waals surface area contributed by atoms with Gasteiger partial charge in [0.25, 0.3) is 5.56 Å². The number of fused-ring (bicyclic) bond motifs is 1. The maximum Gasteiger partial charge on any atom is 0.258 e. The zero-order chi connectivity index (χ0) is 14.8. The van der Waals surface area contributed by atoms with Crippen molar-refractivity contribution in [2.75, 3.05) is 19.6 Å². The number of hydrogen-bond donors (Lipinski definition) is 0. The maximum atomic E-state index is 12.1. The average molecular weight is 285 g/mol. The molecule has 1 saturated heterocycles. The van der Waals surface area contributed by atoms with Gasteiger partial charge in [-0.2, -0.15) is 0 Å². The Balaban J connectivity index is 1.84. The van der Waals surface area contributed by atoms with Crippen LogP contribution in [0.2, 0.25) is 0 Å². The van der Waals surface area contributed by atoms with E-state index < -0.39 is 0 Å². The largest absolute Gasteiger partial charge is 0.303 e. The van der Waals surface area contributed by atoms with E-state index >= 15 is 0 Å². The number of pyridine rings is 1. The van der Waals surface area contributed by atoms with Crippen LogP contribution in [0.3, 0.4) is 0 Å². The fraction of sp³-hybridized carbons (Fsp3) is 0.529. The Morgan fingerprint density at radius 1 is 1.29 bits per heavy atom. The Bertz CT molecular complexity index is 684. The molecule has 0 radical (unpaired) electrons. The SMILES string of the molecule is CCCN1CCC(c2ccc3nc(C)cc(=O)n3c2)CC1. The summed E-state index contributed by atoms with van der Waals surface area (Å²) in [7, 11) is 0. The summed E-state index contributed by atoms with van der Waals surface area (Å²) in [6, 6.07) is 5.71. The number of piperidine rings is 1. The van der Waals surface area contributed by atoms with Gasteiger partial charge in [0.1, 0.15) is 5.65 Å². The predicted molar refractivity (Wildman–Crippen MR) is 84.9 cm³/mol. The number of likely N-dealkylation sites (tertiary alicyclic amines) is 1. The molecule has 0 aromatic carbocycles. The Hall–Kier alpha value is -1.68. The summed E-state index contributed by atoms with van der Waals surface area (Å²) >= 11 is 0. The molecule has 0 atom stereocenters. The molecular weight excluding hydrogens is 262 g/mol. The molecule has 0 saturated carbocycles. The van der Waals surface area contributed by atoms with Crippen molar-refractivity contribution in [3.63, 3.8) is 0 Å². The van der Waals surface area contributed by atoms with Gasteiger partial charge in [-0.25, -0.2) is 4.98 Å². The minimum Gasteiger partial charge on any atom is -0.303 e. The van der Waals surface area contributed by atoms with Gasteiger partial charge in [-0.1, -0.05) is 13.0 Å². The van der Waals surface area contributed by atoms with Crippen LogP contribution in [0, 0.1) is 6.92 Å². The second kappa shape index (κ2) is 5.98.